The van der Waals surface area contributed by atoms with E-state index in [-0.39, 0.29) is 0 Å². The lowest BCUT2D eigenvalue weighted by Crippen LogP contribution is -2.28. The number of benzene rings is 2. The molecule has 0 unspecified atom stereocenters. The quantitative estimate of drug-likeness (QED) is 0.694. The van der Waals surface area contributed by atoms with Crippen molar-refractivity contribution in [2.24, 2.45) is 5.73 Å². The van der Waals surface area contributed by atoms with Crippen LogP contribution in [0.1, 0.15) is 34.7 Å². The summed E-state index contributed by atoms with van der Waals surface area (Å²) in [7, 11) is 0. The fourth-order valence-corrected chi connectivity index (χ4v) is 3.52. The van der Waals surface area contributed by atoms with Crippen LogP contribution in [0.2, 0.25) is 0 Å². The van der Waals surface area contributed by atoms with Crippen LogP contribution in [0.5, 0.6) is 0 Å². The molecule has 24 heavy (non-hydrogen) atoms. The number of fused-ring (bicyclic) bond motifs is 1. The standard InChI is InChI=1S/C19H20N4O/c20-19(24)16-5-1-4-15-17(22-23-18(15)16)13-8-6-12(7-9-13)14-3-2-10-21-11-14/h1,4-9,14,21H,2-3,10-11H2,(H2,20,24)(H,22,23)/t14-/m1/s1. The topological polar surface area (TPSA) is 83.8 Å². The average Bonchev–Trinajstić information content (AvgIpc) is 3.06. The maximum absolute atomic E-state index is 11.5. The highest BCUT2D eigenvalue weighted by Crippen LogP contribution is 2.30. The van der Waals surface area contributed by atoms with Crippen molar-refractivity contribution in [2.45, 2.75) is 18.8 Å². The van der Waals surface area contributed by atoms with Gasteiger partial charge in [-0.2, -0.15) is 5.10 Å². The number of nitrogens with one attached hydrogen (secondary N) is 2. The molecule has 0 aliphatic carbocycles. The normalized spacial score (nSPS) is 17.9. The second kappa shape index (κ2) is 6.09. The van der Waals surface area contributed by atoms with Gasteiger partial charge in [-0.15, -0.1) is 0 Å². The van der Waals surface area contributed by atoms with Gasteiger partial charge in [0.2, 0.25) is 0 Å². The van der Waals surface area contributed by atoms with E-state index in [2.05, 4.69) is 39.8 Å². The molecule has 1 aliphatic heterocycles. The molecule has 122 valence electrons. The van der Waals surface area contributed by atoms with Gasteiger partial charge in [0.1, 0.15) is 0 Å². The largest absolute Gasteiger partial charge is 0.366 e. The molecule has 5 nitrogen and oxygen atoms in total. The van der Waals surface area contributed by atoms with E-state index in [0.717, 1.165) is 29.7 Å². The molecule has 3 aromatic rings. The SMILES string of the molecule is NC(=O)c1cccc2c(-c3ccc([C@@H]4CCCNC4)cc3)n[nH]c12. The van der Waals surface area contributed by atoms with Gasteiger partial charge in [-0.1, -0.05) is 36.4 Å². The van der Waals surface area contributed by atoms with Crippen LogP contribution < -0.4 is 11.1 Å². The number of piperidine rings is 1. The lowest BCUT2D eigenvalue weighted by atomic mass is 9.91. The maximum Gasteiger partial charge on any atom is 0.250 e. The summed E-state index contributed by atoms with van der Waals surface area (Å²) in [5.41, 5.74) is 9.85. The highest BCUT2D eigenvalue weighted by atomic mass is 16.1. The minimum absolute atomic E-state index is 0.448. The molecule has 0 saturated carbocycles. The van der Waals surface area contributed by atoms with Gasteiger partial charge in [0.05, 0.1) is 16.8 Å². The van der Waals surface area contributed by atoms with E-state index in [9.17, 15) is 4.79 Å². The summed E-state index contributed by atoms with van der Waals surface area (Å²) in [6, 6.07) is 14.1. The Morgan fingerprint density at radius 2 is 2.00 bits per heavy atom. The van der Waals surface area contributed by atoms with Gasteiger partial charge in [0.15, 0.2) is 0 Å². The summed E-state index contributed by atoms with van der Waals surface area (Å²) >= 11 is 0. The number of amides is 1. The van der Waals surface area contributed by atoms with Gasteiger partial charge in [0, 0.05) is 17.5 Å². The molecule has 5 heteroatoms. The number of H-pyrrole nitrogens is 1. The van der Waals surface area contributed by atoms with Crippen molar-refractivity contribution < 1.29 is 4.79 Å². The van der Waals surface area contributed by atoms with E-state index in [1.165, 1.54) is 18.4 Å². The van der Waals surface area contributed by atoms with Crippen LogP contribution in [0.15, 0.2) is 42.5 Å². The molecule has 2 aromatic carbocycles. The van der Waals surface area contributed by atoms with Crippen molar-refractivity contribution in [2.75, 3.05) is 13.1 Å². The number of para-hydroxylation sites is 1. The van der Waals surface area contributed by atoms with Crippen LogP contribution >= 0.6 is 0 Å². The first-order valence-electron chi connectivity index (χ1n) is 8.32. The van der Waals surface area contributed by atoms with E-state index in [4.69, 9.17) is 5.73 Å². The maximum atomic E-state index is 11.5. The number of aromatic nitrogens is 2. The lowest BCUT2D eigenvalue weighted by Gasteiger charge is -2.23. The van der Waals surface area contributed by atoms with E-state index in [0.29, 0.717) is 17.0 Å². The van der Waals surface area contributed by atoms with Gasteiger partial charge in [0.25, 0.3) is 5.91 Å². The molecule has 1 aliphatic rings. The number of rotatable bonds is 3. The van der Waals surface area contributed by atoms with Crippen LogP contribution in [0.4, 0.5) is 0 Å². The molecule has 4 rings (SSSR count). The van der Waals surface area contributed by atoms with Gasteiger partial charge >= 0.3 is 0 Å². The van der Waals surface area contributed by atoms with Crippen LogP contribution in [-0.4, -0.2) is 29.2 Å². The summed E-state index contributed by atoms with van der Waals surface area (Å²) in [4.78, 5) is 11.5. The summed E-state index contributed by atoms with van der Waals surface area (Å²) < 4.78 is 0. The molecule has 1 fully saturated rings. The smallest absolute Gasteiger partial charge is 0.250 e. The van der Waals surface area contributed by atoms with E-state index < -0.39 is 5.91 Å². The fraction of sp³-hybridized carbons (Fsp3) is 0.263. The summed E-state index contributed by atoms with van der Waals surface area (Å²) in [5, 5.41) is 11.7. The molecular formula is C19H20N4O. The monoisotopic (exact) mass is 320 g/mol. The first-order valence-corrected chi connectivity index (χ1v) is 8.32. The first kappa shape index (κ1) is 14.9. The van der Waals surface area contributed by atoms with Crippen molar-refractivity contribution >= 4 is 16.8 Å². The molecule has 1 saturated heterocycles. The zero-order chi connectivity index (χ0) is 16.5. The Kier molecular flexibility index (Phi) is 3.78. The van der Waals surface area contributed by atoms with Gasteiger partial charge in [-0.25, -0.2) is 0 Å². The van der Waals surface area contributed by atoms with Gasteiger partial charge < -0.3 is 11.1 Å². The minimum atomic E-state index is -0.448. The number of nitrogens with two attached hydrogens (primary N) is 1. The highest BCUT2D eigenvalue weighted by Gasteiger charge is 2.16. The molecule has 0 radical (unpaired) electrons. The van der Waals surface area contributed by atoms with Crippen molar-refractivity contribution in [3.63, 3.8) is 0 Å². The summed E-state index contributed by atoms with van der Waals surface area (Å²) in [5.74, 6) is 0.140. The Bertz CT molecular complexity index is 876. The highest BCUT2D eigenvalue weighted by molar-refractivity contribution is 6.07. The second-order valence-corrected chi connectivity index (χ2v) is 6.33. The van der Waals surface area contributed by atoms with Crippen LogP contribution in [0.3, 0.4) is 0 Å². The minimum Gasteiger partial charge on any atom is -0.366 e. The third-order valence-electron chi connectivity index (χ3n) is 4.82. The van der Waals surface area contributed by atoms with E-state index in [1.807, 2.05) is 12.1 Å². The molecule has 1 atom stereocenters. The Hall–Kier alpha value is -2.66. The number of aromatic amines is 1. The average molecular weight is 320 g/mol. The van der Waals surface area contributed by atoms with Crippen molar-refractivity contribution in [1.82, 2.24) is 15.5 Å². The lowest BCUT2D eigenvalue weighted by molar-refractivity contribution is 0.100. The molecule has 0 bridgehead atoms. The van der Waals surface area contributed by atoms with E-state index in [1.54, 1.807) is 6.07 Å². The number of nitrogens with zero attached hydrogens (tertiary/aromatic N) is 1. The van der Waals surface area contributed by atoms with Crippen molar-refractivity contribution in [3.8, 4) is 11.3 Å². The fourth-order valence-electron chi connectivity index (χ4n) is 3.52. The summed E-state index contributed by atoms with van der Waals surface area (Å²) in [6.07, 6.45) is 2.46. The Morgan fingerprint density at radius 1 is 1.17 bits per heavy atom. The Balaban J connectivity index is 1.70. The molecular weight excluding hydrogens is 300 g/mol. The first-order chi connectivity index (χ1) is 11.7. The zero-order valence-electron chi connectivity index (χ0n) is 13.4. The zero-order valence-corrected chi connectivity index (χ0v) is 13.4. The third kappa shape index (κ3) is 2.57. The Labute approximate surface area is 140 Å². The molecule has 1 aromatic heterocycles. The van der Waals surface area contributed by atoms with Crippen LogP contribution in [0, 0.1) is 0 Å². The number of primary amides is 1. The predicted octanol–water partition coefficient (Wildman–Crippen LogP) is 2.80. The molecule has 4 N–H and O–H groups in total. The van der Waals surface area contributed by atoms with Crippen LogP contribution in [-0.2, 0) is 0 Å². The molecule has 1 amide bonds. The van der Waals surface area contributed by atoms with Gasteiger partial charge in [-0.3, -0.25) is 9.89 Å². The van der Waals surface area contributed by atoms with Crippen molar-refractivity contribution in [3.05, 3.63) is 53.6 Å². The van der Waals surface area contributed by atoms with Crippen molar-refractivity contribution in [1.29, 1.82) is 0 Å². The number of carbonyl (C=O) groups is 1. The second-order valence-electron chi connectivity index (χ2n) is 6.33. The molecule has 0 spiro atoms. The van der Waals surface area contributed by atoms with Crippen LogP contribution in [0.25, 0.3) is 22.2 Å². The third-order valence-corrected chi connectivity index (χ3v) is 4.82. The summed E-state index contributed by atoms with van der Waals surface area (Å²) in [6.45, 7) is 2.17. The number of hydrogen-bond acceptors (Lipinski definition) is 3. The van der Waals surface area contributed by atoms with Gasteiger partial charge in [-0.05, 0) is 36.9 Å². The van der Waals surface area contributed by atoms with E-state index >= 15 is 0 Å². The molecule has 2 heterocycles. The Morgan fingerprint density at radius 3 is 2.71 bits per heavy atom. The predicted molar refractivity (Wildman–Crippen MR) is 94.9 cm³/mol. The number of carbonyl (C=O) groups excluding carboxylic acids is 1. The number of hydrogen-bond donors (Lipinski definition) is 3.